The van der Waals surface area contributed by atoms with E-state index < -0.39 is 11.0 Å². The molecule has 0 atom stereocenters. The summed E-state index contributed by atoms with van der Waals surface area (Å²) in [6.45, 7) is 1.88. The maximum Gasteiger partial charge on any atom is 0.407 e. The summed E-state index contributed by atoms with van der Waals surface area (Å²) in [6, 6.07) is 10.6. The van der Waals surface area contributed by atoms with Crippen LogP contribution in [0.2, 0.25) is 5.15 Å². The van der Waals surface area contributed by atoms with E-state index in [0.29, 0.717) is 5.56 Å². The maximum absolute atomic E-state index is 11.6. The summed E-state index contributed by atoms with van der Waals surface area (Å²) in [5.74, 6) is 0. The Kier molecular flexibility index (Phi) is 6.47. The number of alkyl carbamates (subject to hydrolysis) is 1. The molecular weight excluding hydrogens is 346 g/mol. The van der Waals surface area contributed by atoms with Gasteiger partial charge in [-0.25, -0.2) is 9.78 Å². The Balaban J connectivity index is 1.86. The van der Waals surface area contributed by atoms with Gasteiger partial charge in [-0.2, -0.15) is 0 Å². The first-order valence-corrected chi connectivity index (χ1v) is 7.78. The molecule has 25 heavy (non-hydrogen) atoms. The third kappa shape index (κ3) is 5.58. The Morgan fingerprint density at radius 1 is 1.40 bits per heavy atom. The largest absolute Gasteiger partial charge is 0.445 e. The quantitative estimate of drug-likeness (QED) is 0.478. The standard InChI is InChI=1S/C17H16ClN3O4/c1-12-15(21(23)24)10-14(16(18)20-12)8-5-9-19-17(22)25-11-13-6-3-2-4-7-13/h2-8,10H,9,11H2,1H3,(H,19,22). The zero-order valence-electron chi connectivity index (χ0n) is 13.4. The summed E-state index contributed by atoms with van der Waals surface area (Å²) in [5, 5.41) is 13.6. The molecule has 0 saturated heterocycles. The third-order valence-corrected chi connectivity index (χ3v) is 3.54. The first-order valence-electron chi connectivity index (χ1n) is 7.40. The Morgan fingerprint density at radius 3 is 2.80 bits per heavy atom. The summed E-state index contributed by atoms with van der Waals surface area (Å²) in [7, 11) is 0. The molecule has 0 aliphatic rings. The first-order chi connectivity index (χ1) is 12.0. The smallest absolute Gasteiger partial charge is 0.407 e. The van der Waals surface area contributed by atoms with Gasteiger partial charge in [0, 0.05) is 18.2 Å². The van der Waals surface area contributed by atoms with E-state index in [9.17, 15) is 14.9 Å². The average molecular weight is 362 g/mol. The van der Waals surface area contributed by atoms with Crippen molar-refractivity contribution in [1.29, 1.82) is 0 Å². The number of amides is 1. The monoisotopic (exact) mass is 361 g/mol. The Morgan fingerprint density at radius 2 is 2.12 bits per heavy atom. The number of hydrogen-bond donors (Lipinski definition) is 1. The molecule has 0 aliphatic heterocycles. The van der Waals surface area contributed by atoms with E-state index in [0.717, 1.165) is 5.56 Å². The fourth-order valence-electron chi connectivity index (χ4n) is 1.98. The molecule has 0 fully saturated rings. The van der Waals surface area contributed by atoms with Crippen LogP contribution in [-0.4, -0.2) is 22.5 Å². The highest BCUT2D eigenvalue weighted by Gasteiger charge is 2.14. The minimum Gasteiger partial charge on any atom is -0.445 e. The number of hydrogen-bond acceptors (Lipinski definition) is 5. The van der Waals surface area contributed by atoms with Gasteiger partial charge in [0.1, 0.15) is 17.5 Å². The van der Waals surface area contributed by atoms with Crippen molar-refractivity contribution in [2.24, 2.45) is 0 Å². The number of pyridine rings is 1. The van der Waals surface area contributed by atoms with Crippen LogP contribution in [0.25, 0.3) is 6.08 Å². The number of halogens is 1. The molecule has 0 saturated carbocycles. The van der Waals surface area contributed by atoms with Crippen LogP contribution in [0.3, 0.4) is 0 Å². The number of ether oxygens (including phenoxy) is 1. The van der Waals surface area contributed by atoms with Crippen LogP contribution in [0.1, 0.15) is 16.8 Å². The van der Waals surface area contributed by atoms with Crippen molar-refractivity contribution in [1.82, 2.24) is 10.3 Å². The predicted molar refractivity (Wildman–Crippen MR) is 94.3 cm³/mol. The molecule has 130 valence electrons. The average Bonchev–Trinajstić information content (AvgIpc) is 2.59. The molecule has 0 bridgehead atoms. The highest BCUT2D eigenvalue weighted by atomic mass is 35.5. The predicted octanol–water partition coefficient (Wildman–Crippen LogP) is 3.89. The molecule has 0 unspecified atom stereocenters. The lowest BCUT2D eigenvalue weighted by Gasteiger charge is -2.05. The van der Waals surface area contributed by atoms with Gasteiger partial charge in [-0.1, -0.05) is 54.1 Å². The van der Waals surface area contributed by atoms with Gasteiger partial charge in [-0.15, -0.1) is 0 Å². The molecule has 1 amide bonds. The van der Waals surface area contributed by atoms with Gasteiger partial charge in [0.25, 0.3) is 5.69 Å². The number of carbonyl (C=O) groups excluding carboxylic acids is 1. The number of rotatable bonds is 6. The number of aromatic nitrogens is 1. The fraction of sp³-hybridized carbons (Fsp3) is 0.176. The molecule has 2 rings (SSSR count). The van der Waals surface area contributed by atoms with Crippen LogP contribution in [0.4, 0.5) is 10.5 Å². The van der Waals surface area contributed by atoms with Crippen LogP contribution >= 0.6 is 11.6 Å². The van der Waals surface area contributed by atoms with Gasteiger partial charge in [-0.3, -0.25) is 10.1 Å². The highest BCUT2D eigenvalue weighted by molar-refractivity contribution is 6.30. The van der Waals surface area contributed by atoms with Crippen LogP contribution in [-0.2, 0) is 11.3 Å². The van der Waals surface area contributed by atoms with Crippen molar-refractivity contribution in [2.75, 3.05) is 6.54 Å². The molecule has 1 N–H and O–H groups in total. The van der Waals surface area contributed by atoms with Crippen molar-refractivity contribution in [2.45, 2.75) is 13.5 Å². The van der Waals surface area contributed by atoms with Crippen LogP contribution in [0.5, 0.6) is 0 Å². The molecule has 8 heteroatoms. The van der Waals surface area contributed by atoms with Gasteiger partial charge >= 0.3 is 6.09 Å². The zero-order valence-corrected chi connectivity index (χ0v) is 14.2. The summed E-state index contributed by atoms with van der Waals surface area (Å²) in [5.41, 5.74) is 1.42. The fourth-order valence-corrected chi connectivity index (χ4v) is 2.23. The molecule has 0 aliphatic carbocycles. The lowest BCUT2D eigenvalue weighted by molar-refractivity contribution is -0.385. The van der Waals surface area contributed by atoms with Gasteiger partial charge in [0.05, 0.1) is 4.92 Å². The van der Waals surface area contributed by atoms with Crippen molar-refractivity contribution in [3.8, 4) is 0 Å². The van der Waals surface area contributed by atoms with Crippen molar-refractivity contribution >= 4 is 29.5 Å². The van der Waals surface area contributed by atoms with Crippen molar-refractivity contribution < 1.29 is 14.5 Å². The molecule has 1 heterocycles. The van der Waals surface area contributed by atoms with E-state index in [2.05, 4.69) is 10.3 Å². The normalized spacial score (nSPS) is 10.6. The van der Waals surface area contributed by atoms with Crippen molar-refractivity contribution in [3.05, 3.63) is 74.6 Å². The molecule has 1 aromatic carbocycles. The minimum atomic E-state index is -0.562. The van der Waals surface area contributed by atoms with E-state index in [4.69, 9.17) is 16.3 Å². The topological polar surface area (TPSA) is 94.4 Å². The van der Waals surface area contributed by atoms with Crippen molar-refractivity contribution in [3.63, 3.8) is 0 Å². The Hall–Kier alpha value is -2.93. The van der Waals surface area contributed by atoms with Gasteiger partial charge in [0.2, 0.25) is 0 Å². The summed E-state index contributed by atoms with van der Waals surface area (Å²) in [4.78, 5) is 25.9. The molecule has 7 nitrogen and oxygen atoms in total. The van der Waals surface area contributed by atoms with Crippen LogP contribution in [0.15, 0.2) is 42.5 Å². The number of nitrogens with one attached hydrogen (secondary N) is 1. The molecule has 1 aromatic heterocycles. The lowest BCUT2D eigenvalue weighted by atomic mass is 10.2. The third-order valence-electron chi connectivity index (χ3n) is 3.24. The molecule has 2 aromatic rings. The number of aryl methyl sites for hydroxylation is 1. The summed E-state index contributed by atoms with van der Waals surface area (Å²) >= 11 is 5.97. The molecule has 0 spiro atoms. The molecular formula is C17H16ClN3O4. The van der Waals surface area contributed by atoms with Crippen LogP contribution in [0, 0.1) is 17.0 Å². The zero-order chi connectivity index (χ0) is 18.2. The summed E-state index contributed by atoms with van der Waals surface area (Å²) < 4.78 is 5.06. The number of nitro groups is 1. The van der Waals surface area contributed by atoms with Crippen LogP contribution < -0.4 is 5.32 Å². The van der Waals surface area contributed by atoms with E-state index in [1.54, 1.807) is 12.2 Å². The molecule has 0 radical (unpaired) electrons. The van der Waals surface area contributed by atoms with E-state index in [1.807, 2.05) is 30.3 Å². The number of benzene rings is 1. The second-order valence-corrected chi connectivity index (χ2v) is 5.43. The number of carbonyl (C=O) groups is 1. The number of nitrogens with zero attached hydrogens (tertiary/aromatic N) is 2. The lowest BCUT2D eigenvalue weighted by Crippen LogP contribution is -2.24. The van der Waals surface area contributed by atoms with E-state index >= 15 is 0 Å². The highest BCUT2D eigenvalue weighted by Crippen LogP contribution is 2.24. The Labute approximate surface area is 149 Å². The van der Waals surface area contributed by atoms with Gasteiger partial charge in [0.15, 0.2) is 0 Å². The van der Waals surface area contributed by atoms with Gasteiger partial charge in [-0.05, 0) is 12.5 Å². The second-order valence-electron chi connectivity index (χ2n) is 5.08. The Bertz CT molecular complexity index is 794. The second kappa shape index (κ2) is 8.79. The maximum atomic E-state index is 11.6. The minimum absolute atomic E-state index is 0.112. The van der Waals surface area contributed by atoms with E-state index in [1.165, 1.54) is 13.0 Å². The SMILES string of the molecule is Cc1nc(Cl)c(C=CCNC(=O)OCc2ccccc2)cc1[N+](=O)[O-]. The van der Waals surface area contributed by atoms with Gasteiger partial charge < -0.3 is 10.1 Å². The first kappa shape index (κ1) is 18.4. The van der Waals surface area contributed by atoms with E-state index in [-0.39, 0.29) is 29.7 Å². The summed E-state index contributed by atoms with van der Waals surface area (Å²) in [6.07, 6.45) is 2.60.